The molecule has 0 saturated carbocycles. The van der Waals surface area contributed by atoms with Crippen LogP contribution in [0.3, 0.4) is 0 Å². The van der Waals surface area contributed by atoms with Crippen molar-refractivity contribution in [2.75, 3.05) is 34.4 Å². The quantitative estimate of drug-likeness (QED) is 0.704. The van der Waals surface area contributed by atoms with Crippen molar-refractivity contribution in [3.8, 4) is 17.2 Å². The van der Waals surface area contributed by atoms with Crippen molar-refractivity contribution in [3.05, 3.63) is 17.7 Å². The second-order valence-electron chi connectivity index (χ2n) is 4.18. The Morgan fingerprint density at radius 3 is 2.11 bits per heavy atom. The first-order valence-corrected chi connectivity index (χ1v) is 6.36. The van der Waals surface area contributed by atoms with E-state index in [0.29, 0.717) is 23.8 Å². The number of rotatable bonds is 8. The largest absolute Gasteiger partial charge is 0.493 e. The minimum Gasteiger partial charge on any atom is -0.493 e. The van der Waals surface area contributed by atoms with Gasteiger partial charge in [-0.25, -0.2) is 0 Å². The van der Waals surface area contributed by atoms with Crippen LogP contribution >= 0.6 is 0 Å². The molecule has 108 valence electrons. The summed E-state index contributed by atoms with van der Waals surface area (Å²) in [5.41, 5.74) is 0.734. The highest BCUT2D eigenvalue weighted by molar-refractivity contribution is 5.54. The minimum absolute atomic E-state index is 0.493. The second kappa shape index (κ2) is 7.86. The summed E-state index contributed by atoms with van der Waals surface area (Å²) in [7, 11) is 4.67. The van der Waals surface area contributed by atoms with Gasteiger partial charge in [0.1, 0.15) is 0 Å². The summed E-state index contributed by atoms with van der Waals surface area (Å²) in [5, 5.41) is 13.3. The van der Waals surface area contributed by atoms with Crippen LogP contribution in [0.15, 0.2) is 12.1 Å². The molecule has 1 unspecified atom stereocenters. The standard InChI is InChI=1S/C14H23NO4/c1-5-6-15-9-11(16)10-7-12(17-2)14(19-4)13(8-10)18-3/h7-8,11,15-16H,5-6,9H2,1-4H3. The van der Waals surface area contributed by atoms with Crippen molar-refractivity contribution in [3.63, 3.8) is 0 Å². The average Bonchev–Trinajstić information content (AvgIpc) is 2.45. The number of aliphatic hydroxyl groups excluding tert-OH is 1. The van der Waals surface area contributed by atoms with Crippen molar-refractivity contribution < 1.29 is 19.3 Å². The lowest BCUT2D eigenvalue weighted by atomic mass is 10.1. The molecule has 5 nitrogen and oxygen atoms in total. The molecule has 0 radical (unpaired) electrons. The number of hydrogen-bond acceptors (Lipinski definition) is 5. The van der Waals surface area contributed by atoms with Gasteiger partial charge in [0.2, 0.25) is 5.75 Å². The predicted molar refractivity (Wildman–Crippen MR) is 74.2 cm³/mol. The van der Waals surface area contributed by atoms with E-state index in [4.69, 9.17) is 14.2 Å². The number of nitrogens with one attached hydrogen (secondary N) is 1. The average molecular weight is 269 g/mol. The maximum Gasteiger partial charge on any atom is 0.203 e. The molecule has 1 aromatic rings. The van der Waals surface area contributed by atoms with Gasteiger partial charge in [0.25, 0.3) is 0 Å². The molecule has 0 heterocycles. The van der Waals surface area contributed by atoms with Crippen molar-refractivity contribution in [2.24, 2.45) is 0 Å². The van der Waals surface area contributed by atoms with Crippen molar-refractivity contribution in [1.29, 1.82) is 0 Å². The number of ether oxygens (including phenoxy) is 3. The minimum atomic E-state index is -0.611. The molecule has 19 heavy (non-hydrogen) atoms. The maximum atomic E-state index is 10.1. The molecule has 0 amide bonds. The number of hydrogen-bond donors (Lipinski definition) is 2. The zero-order valence-electron chi connectivity index (χ0n) is 12.0. The van der Waals surface area contributed by atoms with E-state index in [2.05, 4.69) is 12.2 Å². The Kier molecular flexibility index (Phi) is 6.45. The van der Waals surface area contributed by atoms with Gasteiger partial charge in [-0.15, -0.1) is 0 Å². The van der Waals surface area contributed by atoms with Gasteiger partial charge < -0.3 is 24.6 Å². The van der Waals surface area contributed by atoms with E-state index in [9.17, 15) is 5.11 Å². The Balaban J connectivity index is 2.95. The van der Waals surface area contributed by atoms with Crippen LogP contribution in [0.25, 0.3) is 0 Å². The van der Waals surface area contributed by atoms with Gasteiger partial charge in [-0.2, -0.15) is 0 Å². The van der Waals surface area contributed by atoms with Gasteiger partial charge in [0.15, 0.2) is 11.5 Å². The van der Waals surface area contributed by atoms with Gasteiger partial charge in [-0.1, -0.05) is 6.92 Å². The Labute approximate surface area is 114 Å². The van der Waals surface area contributed by atoms with E-state index < -0.39 is 6.10 Å². The summed E-state index contributed by atoms with van der Waals surface area (Å²) in [6, 6.07) is 3.53. The normalized spacial score (nSPS) is 12.1. The van der Waals surface area contributed by atoms with Gasteiger partial charge >= 0.3 is 0 Å². The molecule has 0 aliphatic rings. The molecule has 0 bridgehead atoms. The molecule has 1 rings (SSSR count). The Hall–Kier alpha value is -1.46. The maximum absolute atomic E-state index is 10.1. The third-order valence-electron chi connectivity index (χ3n) is 2.84. The summed E-state index contributed by atoms with van der Waals surface area (Å²) in [6.07, 6.45) is 0.419. The van der Waals surface area contributed by atoms with E-state index in [-0.39, 0.29) is 0 Å². The summed E-state index contributed by atoms with van der Waals surface area (Å²) in [4.78, 5) is 0. The van der Waals surface area contributed by atoms with E-state index in [1.165, 1.54) is 0 Å². The molecule has 0 aliphatic heterocycles. The molecular weight excluding hydrogens is 246 g/mol. The fourth-order valence-electron chi connectivity index (χ4n) is 1.83. The number of aliphatic hydroxyl groups is 1. The van der Waals surface area contributed by atoms with Gasteiger partial charge in [0, 0.05) is 6.54 Å². The predicted octanol–water partition coefficient (Wildman–Crippen LogP) is 1.75. The van der Waals surface area contributed by atoms with E-state index >= 15 is 0 Å². The molecular formula is C14H23NO4. The van der Waals surface area contributed by atoms with Crippen molar-refractivity contribution in [2.45, 2.75) is 19.4 Å². The zero-order chi connectivity index (χ0) is 14.3. The van der Waals surface area contributed by atoms with Crippen LogP contribution in [0.4, 0.5) is 0 Å². The SMILES string of the molecule is CCCNCC(O)c1cc(OC)c(OC)c(OC)c1. The molecule has 1 aromatic carbocycles. The Bertz CT molecular complexity index is 370. The summed E-state index contributed by atoms with van der Waals surface area (Å²) in [6.45, 7) is 3.45. The summed E-state index contributed by atoms with van der Waals surface area (Å²) >= 11 is 0. The zero-order valence-corrected chi connectivity index (χ0v) is 12.0. The molecule has 0 aromatic heterocycles. The van der Waals surface area contributed by atoms with Crippen LogP contribution < -0.4 is 19.5 Å². The van der Waals surface area contributed by atoms with Crippen LogP contribution in [0.2, 0.25) is 0 Å². The van der Waals surface area contributed by atoms with E-state index in [0.717, 1.165) is 18.5 Å². The topological polar surface area (TPSA) is 60.0 Å². The first-order valence-electron chi connectivity index (χ1n) is 6.36. The third-order valence-corrected chi connectivity index (χ3v) is 2.84. The fourth-order valence-corrected chi connectivity index (χ4v) is 1.83. The first-order chi connectivity index (χ1) is 9.17. The van der Waals surface area contributed by atoms with Crippen LogP contribution in [0, 0.1) is 0 Å². The summed E-state index contributed by atoms with van der Waals surface area (Å²) < 4.78 is 15.8. The lowest BCUT2D eigenvalue weighted by molar-refractivity contribution is 0.174. The van der Waals surface area contributed by atoms with Gasteiger partial charge in [-0.3, -0.25) is 0 Å². The highest BCUT2D eigenvalue weighted by atomic mass is 16.5. The Morgan fingerprint density at radius 1 is 1.11 bits per heavy atom. The van der Waals surface area contributed by atoms with E-state index in [1.807, 2.05) is 0 Å². The monoisotopic (exact) mass is 269 g/mol. The molecule has 0 saturated heterocycles. The van der Waals surface area contributed by atoms with Crippen LogP contribution in [0.5, 0.6) is 17.2 Å². The highest BCUT2D eigenvalue weighted by Gasteiger charge is 2.16. The number of methoxy groups -OCH3 is 3. The number of benzene rings is 1. The molecule has 0 spiro atoms. The van der Waals surface area contributed by atoms with Crippen molar-refractivity contribution >= 4 is 0 Å². The lowest BCUT2D eigenvalue weighted by Gasteiger charge is -2.17. The summed E-state index contributed by atoms with van der Waals surface area (Å²) in [5.74, 6) is 1.63. The second-order valence-corrected chi connectivity index (χ2v) is 4.18. The lowest BCUT2D eigenvalue weighted by Crippen LogP contribution is -2.22. The fraction of sp³-hybridized carbons (Fsp3) is 0.571. The van der Waals surface area contributed by atoms with Crippen molar-refractivity contribution in [1.82, 2.24) is 5.32 Å². The van der Waals surface area contributed by atoms with E-state index in [1.54, 1.807) is 33.5 Å². The third kappa shape index (κ3) is 4.01. The molecule has 1 atom stereocenters. The van der Waals surface area contributed by atoms with Crippen LogP contribution in [-0.2, 0) is 0 Å². The first kappa shape index (κ1) is 15.6. The molecule has 0 fully saturated rings. The van der Waals surface area contributed by atoms with Crippen LogP contribution in [0.1, 0.15) is 25.0 Å². The molecule has 2 N–H and O–H groups in total. The van der Waals surface area contributed by atoms with Gasteiger partial charge in [0.05, 0.1) is 27.4 Å². The molecule has 0 aliphatic carbocycles. The Morgan fingerprint density at radius 2 is 1.68 bits per heavy atom. The van der Waals surface area contributed by atoms with Crippen LogP contribution in [-0.4, -0.2) is 39.5 Å². The highest BCUT2D eigenvalue weighted by Crippen LogP contribution is 2.39. The smallest absolute Gasteiger partial charge is 0.203 e. The molecule has 5 heteroatoms. The van der Waals surface area contributed by atoms with Gasteiger partial charge in [-0.05, 0) is 30.7 Å².